The van der Waals surface area contributed by atoms with Crippen molar-refractivity contribution < 1.29 is 4.39 Å². The summed E-state index contributed by atoms with van der Waals surface area (Å²) in [7, 11) is 0. The SMILES string of the molecule is Cc1ccc(F)cc1CC(N)c1ccc(Cl)cc1Cl. The van der Waals surface area contributed by atoms with Crippen LogP contribution < -0.4 is 5.73 Å². The Morgan fingerprint density at radius 1 is 1.16 bits per heavy atom. The Balaban J connectivity index is 2.25. The van der Waals surface area contributed by atoms with Crippen LogP contribution in [0, 0.1) is 12.7 Å². The molecule has 1 atom stereocenters. The fraction of sp³-hybridized carbons (Fsp3) is 0.200. The highest BCUT2D eigenvalue weighted by atomic mass is 35.5. The van der Waals surface area contributed by atoms with Crippen molar-refractivity contribution in [2.75, 3.05) is 0 Å². The van der Waals surface area contributed by atoms with Gasteiger partial charge >= 0.3 is 0 Å². The van der Waals surface area contributed by atoms with Crippen molar-refractivity contribution in [3.63, 3.8) is 0 Å². The van der Waals surface area contributed by atoms with E-state index in [1.54, 1.807) is 18.2 Å². The predicted molar refractivity (Wildman–Crippen MR) is 78.2 cm³/mol. The number of nitrogens with two attached hydrogens (primary N) is 1. The second-order valence-corrected chi connectivity index (χ2v) is 5.39. The van der Waals surface area contributed by atoms with Crippen LogP contribution in [-0.2, 0) is 6.42 Å². The molecule has 0 saturated heterocycles. The zero-order valence-corrected chi connectivity index (χ0v) is 12.0. The molecule has 2 N–H and O–H groups in total. The molecule has 0 aliphatic rings. The molecule has 0 radical (unpaired) electrons. The Morgan fingerprint density at radius 2 is 1.89 bits per heavy atom. The number of hydrogen-bond acceptors (Lipinski definition) is 1. The summed E-state index contributed by atoms with van der Waals surface area (Å²) in [4.78, 5) is 0. The highest BCUT2D eigenvalue weighted by molar-refractivity contribution is 6.35. The summed E-state index contributed by atoms with van der Waals surface area (Å²) in [6, 6.07) is 9.65. The van der Waals surface area contributed by atoms with Crippen LogP contribution in [0.5, 0.6) is 0 Å². The molecule has 100 valence electrons. The van der Waals surface area contributed by atoms with E-state index in [1.807, 2.05) is 13.0 Å². The molecule has 0 spiro atoms. The average molecular weight is 298 g/mol. The first-order valence-corrected chi connectivity index (χ1v) is 6.68. The first-order chi connectivity index (χ1) is 8.97. The van der Waals surface area contributed by atoms with Crippen molar-refractivity contribution in [1.82, 2.24) is 0 Å². The average Bonchev–Trinajstić information content (AvgIpc) is 2.33. The molecule has 0 heterocycles. The van der Waals surface area contributed by atoms with E-state index < -0.39 is 0 Å². The molecule has 0 saturated carbocycles. The van der Waals surface area contributed by atoms with Crippen LogP contribution in [0.15, 0.2) is 36.4 Å². The maximum atomic E-state index is 13.2. The summed E-state index contributed by atoms with van der Waals surface area (Å²) in [5, 5.41) is 1.11. The lowest BCUT2D eigenvalue weighted by atomic mass is 9.96. The lowest BCUT2D eigenvalue weighted by Gasteiger charge is -2.15. The van der Waals surface area contributed by atoms with E-state index in [0.29, 0.717) is 16.5 Å². The van der Waals surface area contributed by atoms with E-state index in [4.69, 9.17) is 28.9 Å². The molecule has 2 aromatic rings. The van der Waals surface area contributed by atoms with Gasteiger partial charge in [0.05, 0.1) is 0 Å². The molecule has 0 fully saturated rings. The van der Waals surface area contributed by atoms with Crippen molar-refractivity contribution in [2.24, 2.45) is 5.73 Å². The van der Waals surface area contributed by atoms with Gasteiger partial charge in [-0.15, -0.1) is 0 Å². The van der Waals surface area contributed by atoms with Crippen molar-refractivity contribution in [1.29, 1.82) is 0 Å². The molecule has 2 rings (SSSR count). The number of benzene rings is 2. The van der Waals surface area contributed by atoms with Crippen LogP contribution in [0.4, 0.5) is 4.39 Å². The van der Waals surface area contributed by atoms with Crippen LogP contribution in [0.3, 0.4) is 0 Å². The number of aryl methyl sites for hydroxylation is 1. The van der Waals surface area contributed by atoms with Gasteiger partial charge in [-0.2, -0.15) is 0 Å². The second-order valence-electron chi connectivity index (χ2n) is 4.55. The number of rotatable bonds is 3. The number of hydrogen-bond donors (Lipinski definition) is 1. The van der Waals surface area contributed by atoms with Gasteiger partial charge in [0.15, 0.2) is 0 Å². The second kappa shape index (κ2) is 5.91. The lowest BCUT2D eigenvalue weighted by molar-refractivity contribution is 0.621. The van der Waals surface area contributed by atoms with Crippen molar-refractivity contribution in [3.8, 4) is 0 Å². The van der Waals surface area contributed by atoms with Gasteiger partial charge in [0.1, 0.15) is 5.82 Å². The van der Waals surface area contributed by atoms with Crippen LogP contribution in [-0.4, -0.2) is 0 Å². The molecule has 1 nitrogen and oxygen atoms in total. The van der Waals surface area contributed by atoms with E-state index in [1.165, 1.54) is 12.1 Å². The fourth-order valence-electron chi connectivity index (χ4n) is 2.01. The molecule has 0 aromatic heterocycles. The molecule has 0 bridgehead atoms. The van der Waals surface area contributed by atoms with Crippen molar-refractivity contribution in [2.45, 2.75) is 19.4 Å². The largest absolute Gasteiger partial charge is 0.324 e. The van der Waals surface area contributed by atoms with Gasteiger partial charge in [0, 0.05) is 16.1 Å². The van der Waals surface area contributed by atoms with Crippen LogP contribution in [0.25, 0.3) is 0 Å². The third-order valence-corrected chi connectivity index (χ3v) is 3.68. The molecular weight excluding hydrogens is 284 g/mol. The van der Waals surface area contributed by atoms with Gasteiger partial charge in [0.25, 0.3) is 0 Å². The summed E-state index contributed by atoms with van der Waals surface area (Å²) >= 11 is 12.0. The minimum atomic E-state index is -0.287. The van der Waals surface area contributed by atoms with E-state index >= 15 is 0 Å². The Morgan fingerprint density at radius 3 is 2.58 bits per heavy atom. The fourth-order valence-corrected chi connectivity index (χ4v) is 2.56. The van der Waals surface area contributed by atoms with Gasteiger partial charge in [0.2, 0.25) is 0 Å². The minimum Gasteiger partial charge on any atom is -0.324 e. The first kappa shape index (κ1) is 14.3. The van der Waals surface area contributed by atoms with E-state index in [0.717, 1.165) is 16.7 Å². The quantitative estimate of drug-likeness (QED) is 0.874. The smallest absolute Gasteiger partial charge is 0.123 e. The summed E-state index contributed by atoms with van der Waals surface area (Å²) in [6.45, 7) is 1.94. The Kier molecular flexibility index (Phi) is 4.46. The monoisotopic (exact) mass is 297 g/mol. The van der Waals surface area contributed by atoms with Gasteiger partial charge in [-0.1, -0.05) is 35.3 Å². The molecular formula is C15H14Cl2FN. The van der Waals surface area contributed by atoms with Crippen LogP contribution in [0.1, 0.15) is 22.7 Å². The predicted octanol–water partition coefficient (Wildman–Crippen LogP) is 4.68. The third kappa shape index (κ3) is 3.47. The van der Waals surface area contributed by atoms with Gasteiger partial charge in [-0.05, 0) is 54.3 Å². The maximum absolute atomic E-state index is 13.2. The Bertz CT molecular complexity index is 599. The number of halogens is 3. The molecule has 0 aliphatic carbocycles. The normalized spacial score (nSPS) is 12.5. The Labute approximate surface area is 122 Å². The Hall–Kier alpha value is -1.09. The van der Waals surface area contributed by atoms with E-state index in [9.17, 15) is 4.39 Å². The minimum absolute atomic E-state index is 0.255. The van der Waals surface area contributed by atoms with Crippen molar-refractivity contribution >= 4 is 23.2 Å². The molecule has 0 amide bonds. The summed E-state index contributed by atoms with van der Waals surface area (Å²) in [5.41, 5.74) is 8.86. The topological polar surface area (TPSA) is 26.0 Å². The summed E-state index contributed by atoms with van der Waals surface area (Å²) in [5.74, 6) is -0.255. The highest BCUT2D eigenvalue weighted by Gasteiger charge is 2.13. The summed E-state index contributed by atoms with van der Waals surface area (Å²) < 4.78 is 13.2. The summed E-state index contributed by atoms with van der Waals surface area (Å²) in [6.07, 6.45) is 0.533. The molecule has 2 aromatic carbocycles. The van der Waals surface area contributed by atoms with E-state index in [-0.39, 0.29) is 11.9 Å². The highest BCUT2D eigenvalue weighted by Crippen LogP contribution is 2.27. The van der Waals surface area contributed by atoms with Crippen LogP contribution >= 0.6 is 23.2 Å². The third-order valence-electron chi connectivity index (χ3n) is 3.11. The molecule has 19 heavy (non-hydrogen) atoms. The van der Waals surface area contributed by atoms with Crippen LogP contribution in [0.2, 0.25) is 10.0 Å². The first-order valence-electron chi connectivity index (χ1n) is 5.93. The van der Waals surface area contributed by atoms with Gasteiger partial charge in [-0.25, -0.2) is 4.39 Å². The lowest BCUT2D eigenvalue weighted by Crippen LogP contribution is -2.14. The molecule has 1 unspecified atom stereocenters. The standard InChI is InChI=1S/C15H14Cl2FN/c1-9-2-4-12(18)6-10(9)7-15(19)13-5-3-11(16)8-14(13)17/h2-6,8,15H,7,19H2,1H3. The molecule has 4 heteroatoms. The van der Waals surface area contributed by atoms with E-state index in [2.05, 4.69) is 0 Å². The zero-order valence-electron chi connectivity index (χ0n) is 10.5. The van der Waals surface area contributed by atoms with Gasteiger partial charge in [-0.3, -0.25) is 0 Å². The maximum Gasteiger partial charge on any atom is 0.123 e. The van der Waals surface area contributed by atoms with Crippen molar-refractivity contribution in [3.05, 3.63) is 69.0 Å². The zero-order chi connectivity index (χ0) is 14.0. The van der Waals surface area contributed by atoms with Gasteiger partial charge < -0.3 is 5.73 Å². The molecule has 0 aliphatic heterocycles.